The van der Waals surface area contributed by atoms with E-state index in [1.807, 2.05) is 0 Å². The van der Waals surface area contributed by atoms with Crippen molar-refractivity contribution >= 4 is 17.8 Å². The maximum atomic E-state index is 5.89. The molecule has 2 bridgehead atoms. The summed E-state index contributed by atoms with van der Waals surface area (Å²) in [7, 11) is 0. The van der Waals surface area contributed by atoms with Crippen molar-refractivity contribution < 1.29 is 4.74 Å². The standard InChI is InChI=1S/C13H20N6O/c14-11-15-12(18-3-5-20-6-4-18)17-13(16-11)19-8-9-1-2-10(19)7-9/h9-10H,1-8H2,(H2,14,15,16,17). The molecule has 3 fully saturated rings. The number of aromatic nitrogens is 3. The van der Waals surface area contributed by atoms with Gasteiger partial charge in [0.15, 0.2) is 0 Å². The normalized spacial score (nSPS) is 29.2. The van der Waals surface area contributed by atoms with Crippen molar-refractivity contribution in [3.63, 3.8) is 0 Å². The van der Waals surface area contributed by atoms with Gasteiger partial charge in [0.1, 0.15) is 0 Å². The molecule has 1 aliphatic carbocycles. The average Bonchev–Trinajstić information content (AvgIpc) is 3.10. The van der Waals surface area contributed by atoms with E-state index in [1.54, 1.807) is 0 Å². The zero-order chi connectivity index (χ0) is 13.5. The largest absolute Gasteiger partial charge is 0.378 e. The lowest BCUT2D eigenvalue weighted by Gasteiger charge is -2.30. The summed E-state index contributed by atoms with van der Waals surface area (Å²) in [5.74, 6) is 2.58. The highest BCUT2D eigenvalue weighted by atomic mass is 16.5. The number of hydrogen-bond acceptors (Lipinski definition) is 7. The van der Waals surface area contributed by atoms with Crippen LogP contribution >= 0.6 is 0 Å². The molecule has 2 N–H and O–H groups in total. The van der Waals surface area contributed by atoms with Crippen molar-refractivity contribution in [2.75, 3.05) is 48.4 Å². The van der Waals surface area contributed by atoms with Crippen LogP contribution in [0.2, 0.25) is 0 Å². The first-order chi connectivity index (χ1) is 9.79. The minimum atomic E-state index is 0.319. The van der Waals surface area contributed by atoms with Gasteiger partial charge in [-0.05, 0) is 25.2 Å². The number of morpholine rings is 1. The van der Waals surface area contributed by atoms with Gasteiger partial charge in [0.25, 0.3) is 0 Å². The molecule has 1 saturated carbocycles. The molecule has 2 aliphatic heterocycles. The first kappa shape index (κ1) is 12.1. The lowest BCUT2D eigenvalue weighted by molar-refractivity contribution is 0.122. The monoisotopic (exact) mass is 276 g/mol. The molecule has 108 valence electrons. The van der Waals surface area contributed by atoms with Crippen LogP contribution in [0.3, 0.4) is 0 Å². The van der Waals surface area contributed by atoms with Crippen molar-refractivity contribution in [1.82, 2.24) is 15.0 Å². The lowest BCUT2D eigenvalue weighted by atomic mass is 10.1. The second-order valence-corrected chi connectivity index (χ2v) is 5.88. The minimum absolute atomic E-state index is 0.319. The van der Waals surface area contributed by atoms with E-state index in [0.717, 1.165) is 44.7 Å². The number of anilines is 3. The second-order valence-electron chi connectivity index (χ2n) is 5.88. The number of nitrogens with zero attached hydrogens (tertiary/aromatic N) is 5. The number of ether oxygens (including phenoxy) is 1. The van der Waals surface area contributed by atoms with Crippen LogP contribution in [0.15, 0.2) is 0 Å². The summed E-state index contributed by atoms with van der Waals surface area (Å²) in [6, 6.07) is 0.597. The Labute approximate surface area is 118 Å². The van der Waals surface area contributed by atoms with Gasteiger partial charge >= 0.3 is 0 Å². The minimum Gasteiger partial charge on any atom is -0.378 e. The maximum Gasteiger partial charge on any atom is 0.232 e. The Hall–Kier alpha value is -1.63. The molecule has 3 heterocycles. The fraction of sp³-hybridized carbons (Fsp3) is 0.769. The first-order valence-electron chi connectivity index (χ1n) is 7.40. The predicted molar refractivity (Wildman–Crippen MR) is 75.7 cm³/mol. The molecule has 0 aromatic carbocycles. The topological polar surface area (TPSA) is 80.4 Å². The van der Waals surface area contributed by atoms with Gasteiger partial charge in [-0.3, -0.25) is 0 Å². The molecule has 0 amide bonds. The molecule has 7 heteroatoms. The van der Waals surface area contributed by atoms with Crippen molar-refractivity contribution in [3.8, 4) is 0 Å². The average molecular weight is 276 g/mol. The van der Waals surface area contributed by atoms with E-state index in [2.05, 4.69) is 24.8 Å². The quantitative estimate of drug-likeness (QED) is 0.831. The number of rotatable bonds is 2. The van der Waals surface area contributed by atoms with Gasteiger partial charge in [0.05, 0.1) is 13.2 Å². The lowest BCUT2D eigenvalue weighted by Crippen LogP contribution is -2.39. The van der Waals surface area contributed by atoms with Gasteiger partial charge in [0.2, 0.25) is 17.8 Å². The Bertz CT molecular complexity index is 504. The molecule has 1 aromatic heterocycles. The SMILES string of the molecule is Nc1nc(N2CCOCC2)nc(N2CC3CCC2C3)n1. The Kier molecular flexibility index (Phi) is 2.87. The van der Waals surface area contributed by atoms with Crippen molar-refractivity contribution in [2.45, 2.75) is 25.3 Å². The van der Waals surface area contributed by atoms with Crippen LogP contribution in [0.5, 0.6) is 0 Å². The molecule has 0 radical (unpaired) electrons. The zero-order valence-corrected chi connectivity index (χ0v) is 11.5. The summed E-state index contributed by atoms with van der Waals surface area (Å²) < 4.78 is 5.37. The number of nitrogen functional groups attached to an aromatic ring is 1. The maximum absolute atomic E-state index is 5.89. The third kappa shape index (κ3) is 2.06. The molecule has 0 spiro atoms. The summed E-state index contributed by atoms with van der Waals surface area (Å²) in [6.07, 6.45) is 3.87. The number of piperidine rings is 1. The van der Waals surface area contributed by atoms with Crippen LogP contribution in [0, 0.1) is 5.92 Å². The molecule has 2 saturated heterocycles. The molecular weight excluding hydrogens is 256 g/mol. The third-order valence-corrected chi connectivity index (χ3v) is 4.59. The molecule has 20 heavy (non-hydrogen) atoms. The molecule has 7 nitrogen and oxygen atoms in total. The Morgan fingerprint density at radius 3 is 2.55 bits per heavy atom. The molecule has 1 aromatic rings. The molecular formula is C13H20N6O. The van der Waals surface area contributed by atoms with E-state index in [9.17, 15) is 0 Å². The van der Waals surface area contributed by atoms with E-state index in [0.29, 0.717) is 17.9 Å². The van der Waals surface area contributed by atoms with Crippen LogP contribution in [-0.4, -0.2) is 53.8 Å². The Morgan fingerprint density at radius 1 is 1.05 bits per heavy atom. The Morgan fingerprint density at radius 2 is 1.85 bits per heavy atom. The second kappa shape index (κ2) is 4.73. The predicted octanol–water partition coefficient (Wildman–Crippen LogP) is 0.279. The van der Waals surface area contributed by atoms with Crippen molar-refractivity contribution in [3.05, 3.63) is 0 Å². The highest BCUT2D eigenvalue weighted by Crippen LogP contribution is 2.39. The van der Waals surface area contributed by atoms with Crippen LogP contribution in [-0.2, 0) is 4.74 Å². The smallest absolute Gasteiger partial charge is 0.232 e. The number of fused-ring (bicyclic) bond motifs is 2. The van der Waals surface area contributed by atoms with Crippen LogP contribution in [0.1, 0.15) is 19.3 Å². The van der Waals surface area contributed by atoms with Crippen LogP contribution < -0.4 is 15.5 Å². The van der Waals surface area contributed by atoms with Gasteiger partial charge in [-0.25, -0.2) is 0 Å². The zero-order valence-electron chi connectivity index (χ0n) is 11.5. The summed E-state index contributed by atoms with van der Waals surface area (Å²) >= 11 is 0. The van der Waals surface area contributed by atoms with E-state index in [1.165, 1.54) is 19.3 Å². The molecule has 3 aliphatic rings. The third-order valence-electron chi connectivity index (χ3n) is 4.59. The van der Waals surface area contributed by atoms with Gasteiger partial charge in [-0.2, -0.15) is 15.0 Å². The highest BCUT2D eigenvalue weighted by Gasteiger charge is 2.39. The number of nitrogens with two attached hydrogens (primary N) is 1. The molecule has 2 atom stereocenters. The van der Waals surface area contributed by atoms with Crippen LogP contribution in [0.4, 0.5) is 17.8 Å². The number of hydrogen-bond donors (Lipinski definition) is 1. The van der Waals surface area contributed by atoms with E-state index >= 15 is 0 Å². The highest BCUT2D eigenvalue weighted by molar-refractivity contribution is 5.45. The van der Waals surface area contributed by atoms with Crippen LogP contribution in [0.25, 0.3) is 0 Å². The summed E-state index contributed by atoms with van der Waals surface area (Å²) in [6.45, 7) is 4.13. The first-order valence-corrected chi connectivity index (χ1v) is 7.40. The summed E-state index contributed by atoms with van der Waals surface area (Å²) in [4.78, 5) is 17.7. The molecule has 2 unspecified atom stereocenters. The van der Waals surface area contributed by atoms with Gasteiger partial charge in [0, 0.05) is 25.7 Å². The van der Waals surface area contributed by atoms with E-state index in [4.69, 9.17) is 10.5 Å². The van der Waals surface area contributed by atoms with Gasteiger partial charge < -0.3 is 20.3 Å². The fourth-order valence-electron chi connectivity index (χ4n) is 3.57. The fourth-order valence-corrected chi connectivity index (χ4v) is 3.57. The van der Waals surface area contributed by atoms with Crippen molar-refractivity contribution in [1.29, 1.82) is 0 Å². The van der Waals surface area contributed by atoms with E-state index < -0.39 is 0 Å². The molecule has 4 rings (SSSR count). The summed E-state index contributed by atoms with van der Waals surface area (Å²) in [5, 5.41) is 0. The van der Waals surface area contributed by atoms with Gasteiger partial charge in [-0.15, -0.1) is 0 Å². The summed E-state index contributed by atoms with van der Waals surface area (Å²) in [5.41, 5.74) is 5.89. The van der Waals surface area contributed by atoms with Crippen molar-refractivity contribution in [2.24, 2.45) is 5.92 Å². The van der Waals surface area contributed by atoms with E-state index in [-0.39, 0.29) is 0 Å². The van der Waals surface area contributed by atoms with Gasteiger partial charge in [-0.1, -0.05) is 0 Å². The Balaban J connectivity index is 1.61.